The van der Waals surface area contributed by atoms with Crippen LogP contribution in [0.2, 0.25) is 0 Å². The highest BCUT2D eigenvalue weighted by Gasteiger charge is 2.23. The Morgan fingerprint density at radius 1 is 1.06 bits per heavy atom. The number of nitrogens with zero attached hydrogens (tertiary/aromatic N) is 2. The van der Waals surface area contributed by atoms with Crippen LogP contribution in [0.5, 0.6) is 5.75 Å². The quantitative estimate of drug-likeness (QED) is 0.331. The number of hydrogen-bond donors (Lipinski definition) is 1. The van der Waals surface area contributed by atoms with Crippen molar-refractivity contribution in [2.24, 2.45) is 0 Å². The molecule has 2 aromatic carbocycles. The minimum Gasteiger partial charge on any atom is -0.493 e. The molecule has 1 N–H and O–H groups in total. The van der Waals surface area contributed by atoms with Crippen LogP contribution in [0, 0.1) is 6.92 Å². The summed E-state index contributed by atoms with van der Waals surface area (Å²) in [6.07, 6.45) is 2.49. The number of Topliss-reactive ketones (excluding diaryl/α,β-unsaturated/α-hetero) is 1. The van der Waals surface area contributed by atoms with Gasteiger partial charge in [-0.1, -0.05) is 30.3 Å². The summed E-state index contributed by atoms with van der Waals surface area (Å²) in [6, 6.07) is 19.5. The molecule has 2 aromatic heterocycles. The monoisotopic (exact) mass is 458 g/mol. The van der Waals surface area contributed by atoms with Crippen LogP contribution in [0.25, 0.3) is 11.5 Å². The van der Waals surface area contributed by atoms with Crippen molar-refractivity contribution in [3.63, 3.8) is 0 Å². The highest BCUT2D eigenvalue weighted by Crippen LogP contribution is 2.23. The van der Waals surface area contributed by atoms with Gasteiger partial charge in [0.25, 0.3) is 0 Å². The van der Waals surface area contributed by atoms with Crippen molar-refractivity contribution in [3.05, 3.63) is 95.6 Å². The van der Waals surface area contributed by atoms with Crippen molar-refractivity contribution in [2.75, 3.05) is 6.61 Å². The Hall–Kier alpha value is -4.13. The van der Waals surface area contributed by atoms with Gasteiger partial charge in [-0.3, -0.25) is 4.79 Å². The minimum atomic E-state index is -0.989. The van der Waals surface area contributed by atoms with Crippen LogP contribution in [-0.4, -0.2) is 33.0 Å². The number of carbonyl (C=O) groups excluding carboxylic acids is 1. The molecule has 0 fully saturated rings. The van der Waals surface area contributed by atoms with Gasteiger partial charge >= 0.3 is 5.97 Å². The maximum absolute atomic E-state index is 11.9. The number of rotatable bonds is 10. The van der Waals surface area contributed by atoms with Crippen molar-refractivity contribution in [1.82, 2.24) is 9.55 Å². The first-order valence-corrected chi connectivity index (χ1v) is 11.1. The predicted octanol–water partition coefficient (Wildman–Crippen LogP) is 5.14. The molecule has 34 heavy (non-hydrogen) atoms. The molecule has 0 aliphatic carbocycles. The standard InChI is InChI=1S/C27H26N2O5/c1-18(30)24-9-6-15-29(24)25(27(31)32)17-20-10-12-22(13-11-20)33-16-14-23-19(2)34-26(28-23)21-7-4-3-5-8-21/h3-13,15,25H,14,16-17H2,1-2H3,(H,31,32)/t25-/m0/s1. The molecule has 4 aromatic rings. The summed E-state index contributed by atoms with van der Waals surface area (Å²) in [5.74, 6) is 0.897. The van der Waals surface area contributed by atoms with Gasteiger partial charge in [0.15, 0.2) is 5.78 Å². The van der Waals surface area contributed by atoms with Crippen LogP contribution in [0.15, 0.2) is 77.3 Å². The molecule has 0 bridgehead atoms. The maximum Gasteiger partial charge on any atom is 0.327 e. The number of ketones is 1. The number of ether oxygens (including phenoxy) is 1. The third-order valence-electron chi connectivity index (χ3n) is 5.63. The Bertz CT molecular complexity index is 1270. The summed E-state index contributed by atoms with van der Waals surface area (Å²) in [5, 5.41) is 9.72. The molecule has 0 unspecified atom stereocenters. The number of aryl methyl sites for hydroxylation is 1. The zero-order valence-corrected chi connectivity index (χ0v) is 19.1. The van der Waals surface area contributed by atoms with E-state index in [0.717, 1.165) is 22.6 Å². The number of oxazole rings is 1. The number of benzene rings is 2. The number of carboxylic acid groups (broad SMARTS) is 1. The normalized spacial score (nSPS) is 11.8. The van der Waals surface area contributed by atoms with Crippen molar-refractivity contribution in [2.45, 2.75) is 32.7 Å². The fraction of sp³-hybridized carbons (Fsp3) is 0.222. The molecular weight excluding hydrogens is 432 g/mol. The average molecular weight is 459 g/mol. The molecule has 0 aliphatic rings. The predicted molar refractivity (Wildman–Crippen MR) is 127 cm³/mol. The summed E-state index contributed by atoms with van der Waals surface area (Å²) in [6.45, 7) is 3.76. The summed E-state index contributed by atoms with van der Waals surface area (Å²) in [7, 11) is 0. The molecule has 0 amide bonds. The van der Waals surface area contributed by atoms with Gasteiger partial charge < -0.3 is 18.8 Å². The molecule has 0 saturated heterocycles. The topological polar surface area (TPSA) is 94.6 Å². The third kappa shape index (κ3) is 5.26. The Balaban J connectivity index is 1.36. The summed E-state index contributed by atoms with van der Waals surface area (Å²) >= 11 is 0. The van der Waals surface area contributed by atoms with E-state index in [-0.39, 0.29) is 12.2 Å². The van der Waals surface area contributed by atoms with Crippen LogP contribution in [-0.2, 0) is 17.6 Å². The zero-order chi connectivity index (χ0) is 24.1. The fourth-order valence-electron chi connectivity index (χ4n) is 3.84. The first-order chi connectivity index (χ1) is 16.4. The van der Waals surface area contributed by atoms with E-state index in [1.807, 2.05) is 61.5 Å². The van der Waals surface area contributed by atoms with Crippen molar-refractivity contribution in [3.8, 4) is 17.2 Å². The number of aliphatic carboxylic acids is 1. The molecule has 1 atom stereocenters. The highest BCUT2D eigenvalue weighted by atomic mass is 16.5. The van der Waals surface area contributed by atoms with Gasteiger partial charge in [0.1, 0.15) is 17.6 Å². The van der Waals surface area contributed by atoms with E-state index >= 15 is 0 Å². The Kier molecular flexibility index (Phi) is 6.92. The fourth-order valence-corrected chi connectivity index (χ4v) is 3.84. The van der Waals surface area contributed by atoms with Crippen molar-refractivity contribution in [1.29, 1.82) is 0 Å². The van der Waals surface area contributed by atoms with Crippen LogP contribution in [0.3, 0.4) is 0 Å². The van der Waals surface area contributed by atoms with Gasteiger partial charge in [0.05, 0.1) is 18.0 Å². The average Bonchev–Trinajstić information content (AvgIpc) is 3.46. The van der Waals surface area contributed by atoms with Crippen LogP contribution >= 0.6 is 0 Å². The maximum atomic E-state index is 11.9. The molecule has 0 aliphatic heterocycles. The van der Waals surface area contributed by atoms with E-state index in [9.17, 15) is 14.7 Å². The number of carboxylic acids is 1. The van der Waals surface area contributed by atoms with E-state index in [0.29, 0.717) is 30.4 Å². The van der Waals surface area contributed by atoms with Crippen LogP contribution in [0.1, 0.15) is 40.5 Å². The molecule has 2 heterocycles. The second-order valence-electron chi connectivity index (χ2n) is 8.05. The van der Waals surface area contributed by atoms with E-state index in [4.69, 9.17) is 9.15 Å². The molecule has 7 heteroatoms. The van der Waals surface area contributed by atoms with E-state index < -0.39 is 12.0 Å². The van der Waals surface area contributed by atoms with Gasteiger partial charge in [0.2, 0.25) is 5.89 Å². The third-order valence-corrected chi connectivity index (χ3v) is 5.63. The largest absolute Gasteiger partial charge is 0.493 e. The van der Waals surface area contributed by atoms with Gasteiger partial charge in [0, 0.05) is 31.5 Å². The molecule has 0 spiro atoms. The Labute approximate surface area is 197 Å². The molecule has 4 rings (SSSR count). The first kappa shape index (κ1) is 23.0. The lowest BCUT2D eigenvalue weighted by Crippen LogP contribution is -2.23. The lowest BCUT2D eigenvalue weighted by molar-refractivity contribution is -0.140. The molecule has 0 radical (unpaired) electrons. The van der Waals surface area contributed by atoms with Gasteiger partial charge in [-0.25, -0.2) is 9.78 Å². The Morgan fingerprint density at radius 3 is 2.47 bits per heavy atom. The van der Waals surface area contributed by atoms with Crippen molar-refractivity contribution < 1.29 is 23.8 Å². The van der Waals surface area contributed by atoms with E-state index in [1.165, 1.54) is 11.5 Å². The SMILES string of the molecule is CC(=O)c1cccn1[C@@H](Cc1ccc(OCCc2nc(-c3ccccc3)oc2C)cc1)C(=O)O. The molecule has 174 valence electrons. The van der Waals surface area contributed by atoms with E-state index in [2.05, 4.69) is 4.98 Å². The number of aromatic nitrogens is 2. The minimum absolute atomic E-state index is 0.168. The summed E-state index contributed by atoms with van der Waals surface area (Å²) in [5.41, 5.74) is 3.00. The zero-order valence-electron chi connectivity index (χ0n) is 19.1. The summed E-state index contributed by atoms with van der Waals surface area (Å²) in [4.78, 5) is 28.3. The summed E-state index contributed by atoms with van der Waals surface area (Å²) < 4.78 is 13.2. The molecular formula is C27H26N2O5. The second-order valence-corrected chi connectivity index (χ2v) is 8.05. The number of carbonyl (C=O) groups is 2. The van der Waals surface area contributed by atoms with Gasteiger partial charge in [-0.15, -0.1) is 0 Å². The Morgan fingerprint density at radius 2 is 1.79 bits per heavy atom. The second kappa shape index (κ2) is 10.2. The highest BCUT2D eigenvalue weighted by molar-refractivity contribution is 5.93. The van der Waals surface area contributed by atoms with Gasteiger partial charge in [-0.05, 0) is 48.9 Å². The van der Waals surface area contributed by atoms with E-state index in [1.54, 1.807) is 18.3 Å². The lowest BCUT2D eigenvalue weighted by atomic mass is 10.1. The first-order valence-electron chi connectivity index (χ1n) is 11.1. The van der Waals surface area contributed by atoms with Crippen LogP contribution in [0.4, 0.5) is 0 Å². The molecule has 0 saturated carbocycles. The molecule has 7 nitrogen and oxygen atoms in total. The van der Waals surface area contributed by atoms with Gasteiger partial charge in [-0.2, -0.15) is 0 Å². The smallest absolute Gasteiger partial charge is 0.327 e. The van der Waals surface area contributed by atoms with Crippen molar-refractivity contribution >= 4 is 11.8 Å². The van der Waals surface area contributed by atoms with Crippen LogP contribution < -0.4 is 4.74 Å². The lowest BCUT2D eigenvalue weighted by Gasteiger charge is -2.17. The number of hydrogen-bond acceptors (Lipinski definition) is 5.